The number of carbonyl (C=O) groups excluding carboxylic acids is 1. The molecule has 7 heteroatoms. The van der Waals surface area contributed by atoms with Crippen LogP contribution >= 0.6 is 47.8 Å². The van der Waals surface area contributed by atoms with E-state index in [1.165, 1.54) is 13.2 Å². The van der Waals surface area contributed by atoms with E-state index in [0.717, 1.165) is 19.0 Å². The summed E-state index contributed by atoms with van der Waals surface area (Å²) in [5.41, 5.74) is 2.20. The number of nitriles is 1. The van der Waals surface area contributed by atoms with Crippen molar-refractivity contribution in [1.29, 1.82) is 5.26 Å². The van der Waals surface area contributed by atoms with E-state index in [1.54, 1.807) is 12.1 Å². The number of carbonyl (C=O) groups is 1. The fourth-order valence-electron chi connectivity index (χ4n) is 2.12. The molecule has 0 atom stereocenters. The Morgan fingerprint density at radius 1 is 1.20 bits per heavy atom. The zero-order valence-electron chi connectivity index (χ0n) is 13.4. The van der Waals surface area contributed by atoms with Crippen LogP contribution in [0.2, 0.25) is 0 Å². The van der Waals surface area contributed by atoms with Gasteiger partial charge in [0.05, 0.1) is 12.8 Å². The lowest BCUT2D eigenvalue weighted by atomic mass is 10.1. The molecule has 2 aromatic rings. The number of amides is 1. The second-order valence-electron chi connectivity index (χ2n) is 5.11. The molecule has 128 valence electrons. The van der Waals surface area contributed by atoms with Crippen LogP contribution in [0.5, 0.6) is 5.75 Å². The average Bonchev–Trinajstić information content (AvgIpc) is 2.55. The van der Waals surface area contributed by atoms with Crippen LogP contribution < -0.4 is 10.1 Å². The number of rotatable bonds is 4. The molecule has 0 aliphatic heterocycles. The number of ether oxygens (including phenoxy) is 1. The number of hydrogen-bond acceptors (Lipinski definition) is 3. The van der Waals surface area contributed by atoms with Crippen LogP contribution in [0.4, 0.5) is 5.69 Å². The Bertz CT molecular complexity index is 879. The maximum atomic E-state index is 12.5. The summed E-state index contributed by atoms with van der Waals surface area (Å²) < 4.78 is 7.55. The lowest BCUT2D eigenvalue weighted by Crippen LogP contribution is -2.14. The lowest BCUT2D eigenvalue weighted by molar-refractivity contribution is -0.112. The van der Waals surface area contributed by atoms with Gasteiger partial charge in [-0.05, 0) is 80.8 Å². The van der Waals surface area contributed by atoms with E-state index in [1.807, 2.05) is 31.2 Å². The largest absolute Gasteiger partial charge is 0.496 e. The summed E-state index contributed by atoms with van der Waals surface area (Å²) >= 11 is 10.2. The van der Waals surface area contributed by atoms with Crippen LogP contribution in [0.15, 0.2) is 49.3 Å². The number of nitrogens with one attached hydrogen (secondary N) is 1. The van der Waals surface area contributed by atoms with Crippen molar-refractivity contribution in [3.63, 3.8) is 0 Å². The summed E-state index contributed by atoms with van der Waals surface area (Å²) in [5.74, 6) is 0.0660. The molecule has 0 aliphatic rings. The first-order valence-corrected chi connectivity index (χ1v) is 9.46. The fraction of sp³-hybridized carbons (Fsp3) is 0.111. The Balaban J connectivity index is 2.38. The van der Waals surface area contributed by atoms with Crippen LogP contribution in [0.1, 0.15) is 11.1 Å². The number of methoxy groups -OCH3 is 1. The zero-order valence-corrected chi connectivity index (χ0v) is 18.1. The van der Waals surface area contributed by atoms with Crippen molar-refractivity contribution < 1.29 is 9.53 Å². The van der Waals surface area contributed by atoms with E-state index in [9.17, 15) is 10.1 Å². The van der Waals surface area contributed by atoms with Crippen molar-refractivity contribution in [3.8, 4) is 11.8 Å². The van der Waals surface area contributed by atoms with E-state index in [4.69, 9.17) is 4.74 Å². The Kier molecular flexibility index (Phi) is 6.82. The third-order valence-electron chi connectivity index (χ3n) is 3.28. The molecule has 1 amide bonds. The molecule has 1 N–H and O–H groups in total. The van der Waals surface area contributed by atoms with Crippen molar-refractivity contribution in [1.82, 2.24) is 0 Å². The third-order valence-corrected chi connectivity index (χ3v) is 5.03. The van der Waals surface area contributed by atoms with Crippen molar-refractivity contribution in [2.24, 2.45) is 0 Å². The molecule has 25 heavy (non-hydrogen) atoms. The number of benzene rings is 2. The number of aryl methyl sites for hydroxylation is 1. The molecule has 2 aromatic carbocycles. The van der Waals surface area contributed by atoms with Crippen molar-refractivity contribution in [2.45, 2.75) is 6.92 Å². The van der Waals surface area contributed by atoms with Crippen molar-refractivity contribution in [3.05, 3.63) is 60.5 Å². The smallest absolute Gasteiger partial charge is 0.266 e. The Labute approximate surface area is 171 Å². The molecule has 4 nitrogen and oxygen atoms in total. The number of halogens is 3. The van der Waals surface area contributed by atoms with Gasteiger partial charge in [-0.2, -0.15) is 5.26 Å². The molecular weight excluding hydrogens is 516 g/mol. The molecule has 2 rings (SSSR count). The van der Waals surface area contributed by atoms with Gasteiger partial charge in [-0.1, -0.05) is 15.9 Å². The Morgan fingerprint density at radius 2 is 1.84 bits per heavy atom. The van der Waals surface area contributed by atoms with E-state index in [2.05, 4.69) is 53.1 Å². The minimum Gasteiger partial charge on any atom is -0.496 e. The second-order valence-corrected chi connectivity index (χ2v) is 7.74. The molecule has 0 saturated carbocycles. The molecule has 0 fully saturated rings. The highest BCUT2D eigenvalue weighted by molar-refractivity contribution is 9.11. The summed E-state index contributed by atoms with van der Waals surface area (Å²) in [6.07, 6.45) is 1.49. The van der Waals surface area contributed by atoms with E-state index < -0.39 is 5.91 Å². The average molecular weight is 529 g/mol. The van der Waals surface area contributed by atoms with Gasteiger partial charge in [-0.25, -0.2) is 0 Å². The molecule has 0 bridgehead atoms. The van der Waals surface area contributed by atoms with Gasteiger partial charge in [0.25, 0.3) is 5.91 Å². The molecule has 0 heterocycles. The first-order valence-electron chi connectivity index (χ1n) is 7.08. The van der Waals surface area contributed by atoms with Crippen molar-refractivity contribution >= 4 is 65.5 Å². The summed E-state index contributed by atoms with van der Waals surface area (Å²) in [6.45, 7) is 1.95. The number of nitrogens with zero attached hydrogens (tertiary/aromatic N) is 1. The van der Waals surface area contributed by atoms with Crippen LogP contribution in [0.25, 0.3) is 6.08 Å². The van der Waals surface area contributed by atoms with Gasteiger partial charge in [0.15, 0.2) is 0 Å². The topological polar surface area (TPSA) is 62.1 Å². The highest BCUT2D eigenvalue weighted by Gasteiger charge is 2.15. The maximum Gasteiger partial charge on any atom is 0.266 e. The van der Waals surface area contributed by atoms with Gasteiger partial charge in [0.1, 0.15) is 17.4 Å². The maximum absolute atomic E-state index is 12.5. The first-order chi connectivity index (χ1) is 11.8. The quantitative estimate of drug-likeness (QED) is 0.401. The fourth-order valence-corrected chi connectivity index (χ4v) is 4.11. The number of hydrogen-bond donors (Lipinski definition) is 1. The molecule has 0 aromatic heterocycles. The van der Waals surface area contributed by atoms with Gasteiger partial charge < -0.3 is 10.1 Å². The lowest BCUT2D eigenvalue weighted by Gasteiger charge is -2.11. The molecular formula is C18H13Br3N2O2. The Hall–Kier alpha value is -1.62. The number of anilines is 1. The molecule has 0 radical (unpaired) electrons. The molecule has 0 saturated heterocycles. The first kappa shape index (κ1) is 19.7. The highest BCUT2D eigenvalue weighted by atomic mass is 79.9. The molecule has 0 spiro atoms. The summed E-state index contributed by atoms with van der Waals surface area (Å²) in [5, 5.41) is 12.1. The van der Waals surface area contributed by atoms with Crippen LogP contribution in [-0.2, 0) is 4.79 Å². The minimum atomic E-state index is -0.505. The van der Waals surface area contributed by atoms with Crippen LogP contribution in [0, 0.1) is 18.3 Å². The summed E-state index contributed by atoms with van der Waals surface area (Å²) in [6, 6.07) is 11.1. The second kappa shape index (κ2) is 8.65. The highest BCUT2D eigenvalue weighted by Crippen LogP contribution is 2.33. The van der Waals surface area contributed by atoms with E-state index >= 15 is 0 Å². The molecule has 0 aliphatic carbocycles. The standard InChI is InChI=1S/C18H13Br3N2O2/c1-10-5-14(20)17(15(21)6-10)23-18(24)12(9-22)7-11-8-13(19)3-4-16(11)25-2/h3-8H,1-2H3,(H,23,24)/b12-7+. The SMILES string of the molecule is COc1ccc(Br)cc1/C=C(\C#N)C(=O)Nc1c(Br)cc(C)cc1Br. The van der Waals surface area contributed by atoms with Gasteiger partial charge in [0, 0.05) is 19.0 Å². The third kappa shape index (κ3) is 4.94. The normalized spacial score (nSPS) is 11.0. The summed E-state index contributed by atoms with van der Waals surface area (Å²) in [4.78, 5) is 12.5. The van der Waals surface area contributed by atoms with E-state index in [0.29, 0.717) is 17.0 Å². The van der Waals surface area contributed by atoms with E-state index in [-0.39, 0.29) is 5.57 Å². The zero-order chi connectivity index (χ0) is 18.6. The molecule has 0 unspecified atom stereocenters. The van der Waals surface area contributed by atoms with Gasteiger partial charge in [0.2, 0.25) is 0 Å². The van der Waals surface area contributed by atoms with Gasteiger partial charge in [-0.15, -0.1) is 0 Å². The Morgan fingerprint density at radius 3 is 2.40 bits per heavy atom. The predicted molar refractivity (Wildman–Crippen MR) is 109 cm³/mol. The van der Waals surface area contributed by atoms with Crippen LogP contribution in [0.3, 0.4) is 0 Å². The summed E-state index contributed by atoms with van der Waals surface area (Å²) in [7, 11) is 1.53. The van der Waals surface area contributed by atoms with Crippen molar-refractivity contribution in [2.75, 3.05) is 12.4 Å². The minimum absolute atomic E-state index is 0.0317. The van der Waals surface area contributed by atoms with Crippen LogP contribution in [-0.4, -0.2) is 13.0 Å². The predicted octanol–water partition coefficient (Wildman–Crippen LogP) is 5.84. The van der Waals surface area contributed by atoms with Gasteiger partial charge in [-0.3, -0.25) is 4.79 Å². The van der Waals surface area contributed by atoms with Gasteiger partial charge >= 0.3 is 0 Å². The monoisotopic (exact) mass is 526 g/mol.